The third-order valence-corrected chi connectivity index (χ3v) is 8.68. The van der Waals surface area contributed by atoms with Gasteiger partial charge in [0.1, 0.15) is 0 Å². The van der Waals surface area contributed by atoms with E-state index in [1.54, 1.807) is 5.57 Å². The van der Waals surface area contributed by atoms with Gasteiger partial charge in [0.2, 0.25) is 0 Å². The average molecular weight is 372 g/mol. The Bertz CT molecular complexity index is 622. The number of rotatable bonds is 6. The molecule has 0 aromatic rings. The van der Waals surface area contributed by atoms with Crippen molar-refractivity contribution < 1.29 is 4.74 Å². The van der Waals surface area contributed by atoms with E-state index in [9.17, 15) is 0 Å². The Hall–Kier alpha value is -0.600. The summed E-state index contributed by atoms with van der Waals surface area (Å²) in [4.78, 5) is 0. The summed E-state index contributed by atoms with van der Waals surface area (Å²) in [6.07, 6.45) is 11.4. The second-order valence-electron chi connectivity index (χ2n) is 10.3. The largest absolute Gasteiger partial charge is 0.375 e. The quantitative estimate of drug-likeness (QED) is 0.575. The van der Waals surface area contributed by atoms with Crippen LogP contribution in [0.1, 0.15) is 85.5 Å². The zero-order chi connectivity index (χ0) is 19.2. The number of ether oxygens (including phenoxy) is 1. The number of fused-ring (bicyclic) bond motifs is 1. The van der Waals surface area contributed by atoms with Gasteiger partial charge in [0, 0.05) is 12.6 Å². The summed E-state index contributed by atoms with van der Waals surface area (Å²) in [6.45, 7) is 15.9. The fraction of sp³-hybridized carbons (Fsp3) is 0.840. The van der Waals surface area contributed by atoms with Crippen molar-refractivity contribution in [1.82, 2.24) is 5.32 Å². The molecule has 2 fully saturated rings. The molecule has 0 aromatic heterocycles. The number of hydrogen-bond acceptors (Lipinski definition) is 2. The SMILES string of the molecule is C=C(C)C1(CCC)CCC2C3=C(C[C@H]4NCC1C24)CC(C)(OCCC)CC3. The molecule has 1 saturated carbocycles. The Kier molecular flexibility index (Phi) is 5.35. The molecule has 1 saturated heterocycles. The van der Waals surface area contributed by atoms with Crippen LogP contribution in [0, 0.1) is 23.2 Å². The van der Waals surface area contributed by atoms with Crippen molar-refractivity contribution in [2.24, 2.45) is 23.2 Å². The van der Waals surface area contributed by atoms with Crippen molar-refractivity contribution in [3.05, 3.63) is 23.3 Å². The van der Waals surface area contributed by atoms with E-state index in [2.05, 4.69) is 39.6 Å². The molecule has 27 heavy (non-hydrogen) atoms. The van der Waals surface area contributed by atoms with Gasteiger partial charge in [-0.1, -0.05) is 43.6 Å². The van der Waals surface area contributed by atoms with E-state index >= 15 is 0 Å². The van der Waals surface area contributed by atoms with E-state index in [4.69, 9.17) is 4.74 Å². The maximum atomic E-state index is 6.31. The Labute approximate surface area is 167 Å². The summed E-state index contributed by atoms with van der Waals surface area (Å²) in [7, 11) is 0. The predicted molar refractivity (Wildman–Crippen MR) is 114 cm³/mol. The monoisotopic (exact) mass is 371 g/mol. The molecule has 6 atom stereocenters. The lowest BCUT2D eigenvalue weighted by Gasteiger charge is -2.54. The van der Waals surface area contributed by atoms with Gasteiger partial charge in [-0.05, 0) is 94.9 Å². The van der Waals surface area contributed by atoms with Gasteiger partial charge in [-0.15, -0.1) is 0 Å². The smallest absolute Gasteiger partial charge is 0.0694 e. The van der Waals surface area contributed by atoms with Crippen molar-refractivity contribution >= 4 is 0 Å². The number of hydrogen-bond donors (Lipinski definition) is 1. The minimum Gasteiger partial charge on any atom is -0.375 e. The van der Waals surface area contributed by atoms with Crippen LogP contribution in [0.25, 0.3) is 0 Å². The molecule has 1 aliphatic heterocycles. The van der Waals surface area contributed by atoms with E-state index in [1.807, 2.05) is 5.57 Å². The lowest BCUT2D eigenvalue weighted by molar-refractivity contribution is -0.0460. The highest BCUT2D eigenvalue weighted by Gasteiger charge is 2.57. The molecule has 3 aliphatic carbocycles. The van der Waals surface area contributed by atoms with Gasteiger partial charge >= 0.3 is 0 Å². The highest BCUT2D eigenvalue weighted by Crippen LogP contribution is 2.61. The van der Waals surface area contributed by atoms with Gasteiger partial charge in [0.25, 0.3) is 0 Å². The first-order chi connectivity index (χ1) is 12.9. The fourth-order valence-electron chi connectivity index (χ4n) is 7.48. The molecule has 1 N–H and O–H groups in total. The molecule has 2 nitrogen and oxygen atoms in total. The van der Waals surface area contributed by atoms with Crippen LogP contribution in [0.2, 0.25) is 0 Å². The van der Waals surface area contributed by atoms with Crippen molar-refractivity contribution in [3.8, 4) is 0 Å². The van der Waals surface area contributed by atoms with Crippen molar-refractivity contribution in [3.63, 3.8) is 0 Å². The molecule has 0 aromatic carbocycles. The molecule has 4 rings (SSSR count). The maximum Gasteiger partial charge on any atom is 0.0694 e. The third-order valence-electron chi connectivity index (χ3n) is 8.68. The molecule has 5 unspecified atom stereocenters. The molecule has 152 valence electrons. The van der Waals surface area contributed by atoms with E-state index in [0.29, 0.717) is 11.5 Å². The van der Waals surface area contributed by atoms with Crippen LogP contribution in [-0.2, 0) is 4.74 Å². The Balaban J connectivity index is 1.60. The minimum atomic E-state index is 0.0814. The number of allylic oxidation sites excluding steroid dienone is 2. The maximum absolute atomic E-state index is 6.31. The predicted octanol–water partition coefficient (Wildman–Crippen LogP) is 6.03. The lowest BCUT2D eigenvalue weighted by Crippen LogP contribution is -2.49. The van der Waals surface area contributed by atoms with Gasteiger partial charge in [-0.25, -0.2) is 0 Å². The van der Waals surface area contributed by atoms with Crippen LogP contribution in [0.4, 0.5) is 0 Å². The normalized spacial score (nSPS) is 43.4. The van der Waals surface area contributed by atoms with Crippen molar-refractivity contribution in [2.75, 3.05) is 13.2 Å². The molecule has 0 bridgehead atoms. The molecular weight excluding hydrogens is 330 g/mol. The third kappa shape index (κ3) is 3.15. The summed E-state index contributed by atoms with van der Waals surface area (Å²) in [5, 5.41) is 3.99. The van der Waals surface area contributed by atoms with E-state index < -0.39 is 0 Å². The minimum absolute atomic E-state index is 0.0814. The molecule has 1 heterocycles. The summed E-state index contributed by atoms with van der Waals surface area (Å²) >= 11 is 0. The van der Waals surface area contributed by atoms with Crippen molar-refractivity contribution in [1.29, 1.82) is 0 Å². The molecule has 4 aliphatic rings. The van der Waals surface area contributed by atoms with Crippen LogP contribution < -0.4 is 5.32 Å². The van der Waals surface area contributed by atoms with Crippen LogP contribution in [0.3, 0.4) is 0 Å². The van der Waals surface area contributed by atoms with Gasteiger partial charge in [-0.3, -0.25) is 0 Å². The highest BCUT2D eigenvalue weighted by molar-refractivity contribution is 5.33. The first-order valence-corrected chi connectivity index (χ1v) is 11.7. The summed E-state index contributed by atoms with van der Waals surface area (Å²) in [6, 6.07) is 0.697. The van der Waals surface area contributed by atoms with Crippen LogP contribution in [0.15, 0.2) is 23.3 Å². The van der Waals surface area contributed by atoms with E-state index in [-0.39, 0.29) is 5.60 Å². The summed E-state index contributed by atoms with van der Waals surface area (Å²) in [5.74, 6) is 2.48. The molecule has 0 amide bonds. The topological polar surface area (TPSA) is 21.3 Å². The zero-order valence-electron chi connectivity index (χ0n) is 18.2. The number of nitrogens with one attached hydrogen (secondary N) is 1. The van der Waals surface area contributed by atoms with Crippen LogP contribution in [0.5, 0.6) is 0 Å². The molecule has 0 spiro atoms. The summed E-state index contributed by atoms with van der Waals surface area (Å²) in [5.41, 5.74) is 5.55. The lowest BCUT2D eigenvalue weighted by atomic mass is 9.50. The van der Waals surface area contributed by atoms with E-state index in [1.165, 1.54) is 63.5 Å². The average Bonchev–Trinajstić information content (AvgIpc) is 3.07. The van der Waals surface area contributed by atoms with Gasteiger partial charge in [0.05, 0.1) is 5.60 Å². The fourth-order valence-corrected chi connectivity index (χ4v) is 7.48. The molecule has 0 radical (unpaired) electrons. The van der Waals surface area contributed by atoms with Gasteiger partial charge in [-0.2, -0.15) is 0 Å². The second kappa shape index (κ2) is 7.34. The Morgan fingerprint density at radius 3 is 2.78 bits per heavy atom. The highest BCUT2D eigenvalue weighted by atomic mass is 16.5. The summed E-state index contributed by atoms with van der Waals surface area (Å²) < 4.78 is 6.31. The first kappa shape index (κ1) is 19.7. The van der Waals surface area contributed by atoms with Crippen molar-refractivity contribution in [2.45, 2.75) is 97.1 Å². The van der Waals surface area contributed by atoms with Gasteiger partial charge in [0.15, 0.2) is 0 Å². The standard InChI is InChI=1S/C25H41NO/c1-6-10-25(17(3)4)12-9-20-19-8-11-24(5,27-13-7-2)15-18(19)14-22-23(20)21(25)16-26-22/h20-23,26H,3,6-16H2,1-2,4-5H3/t20?,21?,22-,23?,24?,25?/m1/s1. The Morgan fingerprint density at radius 2 is 2.07 bits per heavy atom. The first-order valence-electron chi connectivity index (χ1n) is 11.7. The van der Waals surface area contributed by atoms with Crippen LogP contribution >= 0.6 is 0 Å². The van der Waals surface area contributed by atoms with Gasteiger partial charge < -0.3 is 10.1 Å². The van der Waals surface area contributed by atoms with E-state index in [0.717, 1.165) is 30.8 Å². The zero-order valence-corrected chi connectivity index (χ0v) is 18.2. The Morgan fingerprint density at radius 1 is 1.26 bits per heavy atom. The molecule has 2 heteroatoms. The molecular formula is C25H41NO. The van der Waals surface area contributed by atoms with Crippen LogP contribution in [-0.4, -0.2) is 24.8 Å². The second-order valence-corrected chi connectivity index (χ2v) is 10.3.